The van der Waals surface area contributed by atoms with Gasteiger partial charge in [-0.05, 0) is 42.0 Å². The number of rotatable bonds is 6. The Labute approximate surface area is 213 Å². The number of hydrogen-bond donors (Lipinski definition) is 0. The maximum absolute atomic E-state index is 6.29. The molecule has 6 heteroatoms. The summed E-state index contributed by atoms with van der Waals surface area (Å²) in [6.45, 7) is 13.7. The van der Waals surface area contributed by atoms with Gasteiger partial charge in [-0.15, -0.1) is 0 Å². The van der Waals surface area contributed by atoms with Crippen molar-refractivity contribution in [2.75, 3.05) is 39.3 Å². The molecular weight excluding hydrogens is 446 g/mol. The Morgan fingerprint density at radius 1 is 0.917 bits per heavy atom. The van der Waals surface area contributed by atoms with Crippen LogP contribution in [-0.2, 0) is 6.61 Å². The molecule has 184 valence electrons. The quantitative estimate of drug-likeness (QED) is 0.349. The summed E-state index contributed by atoms with van der Waals surface area (Å²) in [4.78, 5) is 17.1. The van der Waals surface area contributed by atoms with Crippen molar-refractivity contribution < 1.29 is 4.74 Å². The smallest absolute Gasteiger partial charge is 0.236 e. The first-order valence-corrected chi connectivity index (χ1v) is 13.0. The average molecular weight is 481 g/mol. The van der Waals surface area contributed by atoms with Crippen LogP contribution in [0.5, 0.6) is 5.75 Å². The molecule has 4 aromatic rings. The summed E-state index contributed by atoms with van der Waals surface area (Å²) in [7, 11) is 0. The van der Waals surface area contributed by atoms with Gasteiger partial charge in [0.1, 0.15) is 18.2 Å². The van der Waals surface area contributed by atoms with Gasteiger partial charge in [-0.1, -0.05) is 44.2 Å². The van der Waals surface area contributed by atoms with Crippen LogP contribution in [-0.4, -0.2) is 59.1 Å². The second-order valence-electron chi connectivity index (χ2n) is 10.5. The van der Waals surface area contributed by atoms with Gasteiger partial charge in [0.15, 0.2) is 0 Å². The van der Waals surface area contributed by atoms with Gasteiger partial charge in [-0.25, -0.2) is 9.97 Å². The monoisotopic (exact) mass is 480 g/mol. The first-order chi connectivity index (χ1) is 17.5. The van der Waals surface area contributed by atoms with E-state index in [1.165, 1.54) is 16.6 Å². The lowest BCUT2D eigenvalue weighted by atomic mass is 9.92. The maximum atomic E-state index is 6.29. The number of benzene rings is 2. The van der Waals surface area contributed by atoms with Crippen molar-refractivity contribution in [1.29, 1.82) is 0 Å². The summed E-state index contributed by atoms with van der Waals surface area (Å²) in [5.41, 5.74) is 4.46. The number of piperazine rings is 3. The van der Waals surface area contributed by atoms with E-state index in [9.17, 15) is 0 Å². The molecule has 0 unspecified atom stereocenters. The predicted octanol–water partition coefficient (Wildman–Crippen LogP) is 5.34. The van der Waals surface area contributed by atoms with Gasteiger partial charge in [0, 0.05) is 43.2 Å². The summed E-state index contributed by atoms with van der Waals surface area (Å²) in [5, 5.41) is 2.40. The number of fused-ring (bicyclic) bond motifs is 4. The third-order valence-corrected chi connectivity index (χ3v) is 7.83. The molecule has 0 spiro atoms. The molecule has 3 aliphatic heterocycles. The molecule has 3 saturated heterocycles. The fourth-order valence-corrected chi connectivity index (χ4v) is 5.72. The lowest BCUT2D eigenvalue weighted by Gasteiger charge is -2.49. The van der Waals surface area contributed by atoms with Crippen LogP contribution >= 0.6 is 0 Å². The number of nitrogens with zero attached hydrogens (tertiary/aromatic N) is 5. The van der Waals surface area contributed by atoms with Gasteiger partial charge in [0.05, 0.1) is 30.7 Å². The van der Waals surface area contributed by atoms with Crippen molar-refractivity contribution in [2.45, 2.75) is 33.3 Å². The van der Waals surface area contributed by atoms with Crippen molar-refractivity contribution in [3.05, 3.63) is 78.0 Å². The summed E-state index contributed by atoms with van der Waals surface area (Å²) < 4.78 is 7.25. The normalized spacial score (nSPS) is 21.3. The molecule has 0 amide bonds. The van der Waals surface area contributed by atoms with Gasteiger partial charge in [0.2, 0.25) is 5.82 Å². The van der Waals surface area contributed by atoms with Gasteiger partial charge in [0.25, 0.3) is 0 Å². The zero-order valence-electron chi connectivity index (χ0n) is 21.4. The van der Waals surface area contributed by atoms with E-state index < -0.39 is 0 Å². The van der Waals surface area contributed by atoms with E-state index in [1.807, 2.05) is 25.4 Å². The standard InChI is InChI=1S/C30H34N5O/c1-21(2)29-28(24-18-31-22(3)32-19-24)26-10-9-25(36-20-23-7-5-4-6-8-23)17-27(26)30(33-29)35-14-11-34(12-15-35)13-16-35/h4-10,17-19,21H,11-16,20H2,1-3H3/q+1. The molecule has 6 nitrogen and oxygen atoms in total. The van der Waals surface area contributed by atoms with E-state index in [0.717, 1.165) is 77.7 Å². The molecule has 0 atom stereocenters. The topological polar surface area (TPSA) is 51.1 Å². The second kappa shape index (κ2) is 9.26. The largest absolute Gasteiger partial charge is 0.489 e. The van der Waals surface area contributed by atoms with Gasteiger partial charge in [-0.2, -0.15) is 4.98 Å². The third-order valence-electron chi connectivity index (χ3n) is 7.83. The number of aromatic nitrogens is 3. The zero-order chi connectivity index (χ0) is 24.7. The lowest BCUT2D eigenvalue weighted by molar-refractivity contribution is 0.0665. The number of pyridine rings is 1. The number of ether oxygens (including phenoxy) is 1. The van der Waals surface area contributed by atoms with Crippen LogP contribution in [0.2, 0.25) is 0 Å². The molecule has 3 fully saturated rings. The summed E-state index contributed by atoms with van der Waals surface area (Å²) in [6.07, 6.45) is 3.88. The molecule has 0 radical (unpaired) electrons. The fourth-order valence-electron chi connectivity index (χ4n) is 5.72. The third kappa shape index (κ3) is 4.14. The van der Waals surface area contributed by atoms with E-state index >= 15 is 0 Å². The van der Waals surface area contributed by atoms with Crippen molar-refractivity contribution in [3.63, 3.8) is 0 Å². The lowest BCUT2D eigenvalue weighted by Crippen LogP contribution is -2.68. The van der Waals surface area contributed by atoms with Crippen LogP contribution in [0.15, 0.2) is 60.9 Å². The predicted molar refractivity (Wildman–Crippen MR) is 145 cm³/mol. The molecule has 0 saturated carbocycles. The molecular formula is C30H34N5O+. The first-order valence-electron chi connectivity index (χ1n) is 13.0. The Morgan fingerprint density at radius 3 is 2.28 bits per heavy atom. The van der Waals surface area contributed by atoms with Crippen LogP contribution in [0.3, 0.4) is 0 Å². The highest BCUT2D eigenvalue weighted by atomic mass is 16.5. The van der Waals surface area contributed by atoms with Crippen LogP contribution in [0.1, 0.15) is 36.8 Å². The van der Waals surface area contributed by atoms with E-state index in [4.69, 9.17) is 9.72 Å². The molecule has 0 N–H and O–H groups in total. The minimum Gasteiger partial charge on any atom is -0.489 e. The highest BCUT2D eigenvalue weighted by Gasteiger charge is 2.43. The van der Waals surface area contributed by atoms with Crippen molar-refractivity contribution >= 4 is 16.6 Å². The molecule has 2 aromatic heterocycles. The van der Waals surface area contributed by atoms with Gasteiger partial charge in [-0.3, -0.25) is 9.38 Å². The molecule has 7 rings (SSSR count). The fraction of sp³-hybridized carbons (Fsp3) is 0.367. The summed E-state index contributed by atoms with van der Waals surface area (Å²) >= 11 is 0. The molecule has 36 heavy (non-hydrogen) atoms. The van der Waals surface area contributed by atoms with E-state index in [2.05, 4.69) is 71.2 Å². The molecule has 5 heterocycles. The molecule has 0 aliphatic carbocycles. The van der Waals surface area contributed by atoms with Crippen molar-refractivity contribution in [2.24, 2.45) is 0 Å². The average Bonchev–Trinajstić information content (AvgIpc) is 2.93. The van der Waals surface area contributed by atoms with Crippen molar-refractivity contribution in [3.8, 4) is 16.9 Å². The van der Waals surface area contributed by atoms with Crippen molar-refractivity contribution in [1.82, 2.24) is 24.3 Å². The SMILES string of the molecule is Cc1ncc(-c2c(C(C)C)nc([N+]34CCN(CC3)CC4)c3cc(OCc4ccccc4)ccc23)cn1. The Hall–Kier alpha value is -3.35. The van der Waals surface area contributed by atoms with Gasteiger partial charge >= 0.3 is 0 Å². The Bertz CT molecular complexity index is 1360. The Kier molecular flexibility index (Phi) is 5.94. The summed E-state index contributed by atoms with van der Waals surface area (Å²) in [6, 6.07) is 16.9. The van der Waals surface area contributed by atoms with Crippen LogP contribution in [0.25, 0.3) is 21.9 Å². The molecule has 2 bridgehead atoms. The summed E-state index contributed by atoms with van der Waals surface area (Å²) in [5.74, 6) is 3.14. The minimum absolute atomic E-state index is 0.280. The van der Waals surface area contributed by atoms with Crippen LogP contribution in [0.4, 0.5) is 5.82 Å². The molecule has 3 aliphatic rings. The number of hydrogen-bond acceptors (Lipinski definition) is 5. The first kappa shape index (κ1) is 23.1. The zero-order valence-corrected chi connectivity index (χ0v) is 21.4. The number of quaternary nitrogens is 1. The Morgan fingerprint density at radius 2 is 1.61 bits per heavy atom. The second-order valence-corrected chi connectivity index (χ2v) is 10.5. The minimum atomic E-state index is 0.280. The maximum Gasteiger partial charge on any atom is 0.236 e. The van der Waals surface area contributed by atoms with E-state index in [-0.39, 0.29) is 5.92 Å². The van der Waals surface area contributed by atoms with Crippen LogP contribution in [0, 0.1) is 6.92 Å². The Balaban J connectivity index is 1.54. The number of aryl methyl sites for hydroxylation is 1. The highest BCUT2D eigenvalue weighted by Crippen LogP contribution is 2.43. The van der Waals surface area contributed by atoms with E-state index in [1.54, 1.807) is 0 Å². The highest BCUT2D eigenvalue weighted by molar-refractivity contribution is 6.03. The van der Waals surface area contributed by atoms with Crippen LogP contribution < -0.4 is 9.22 Å². The van der Waals surface area contributed by atoms with Gasteiger partial charge < -0.3 is 4.74 Å². The van der Waals surface area contributed by atoms with E-state index in [0.29, 0.717) is 6.61 Å². The molecule has 2 aromatic carbocycles.